The topological polar surface area (TPSA) is 42.2 Å². The number of para-hydroxylation sites is 1. The standard InChI is InChI=1S/C54H35N3O/c1-4-16-38(17-5-1)48-35-49(39-18-6-2-7-19-39)56-54(55-48)47-32-42(34-52-53(47)46-31-40-20-10-11-21-41(40)33-51(46)58-52)36-27-29-44(30-28-36)57(43-23-8-3-9-24-43)50-26-14-22-37-15-12-13-25-45(37)50/h1-35H. The van der Waals surface area contributed by atoms with Gasteiger partial charge in [0.1, 0.15) is 11.2 Å². The largest absolute Gasteiger partial charge is 0.456 e. The van der Waals surface area contributed by atoms with E-state index in [0.29, 0.717) is 5.82 Å². The van der Waals surface area contributed by atoms with Crippen LogP contribution in [-0.4, -0.2) is 9.97 Å². The molecule has 0 saturated heterocycles. The zero-order valence-electron chi connectivity index (χ0n) is 31.5. The predicted molar refractivity (Wildman–Crippen MR) is 241 cm³/mol. The zero-order valence-corrected chi connectivity index (χ0v) is 31.5. The SMILES string of the molecule is c1ccc(-c2cc(-c3ccccc3)nc(-c3cc(-c4ccc(N(c5ccccc5)c5cccc6ccccc56)cc4)cc4oc5cc6ccccc6cc5c34)n2)cc1. The normalized spacial score (nSPS) is 11.4. The Morgan fingerprint density at radius 3 is 1.62 bits per heavy atom. The third kappa shape index (κ3) is 5.96. The van der Waals surface area contributed by atoms with Gasteiger partial charge in [0, 0.05) is 44.2 Å². The average molecular weight is 742 g/mol. The van der Waals surface area contributed by atoms with E-state index >= 15 is 0 Å². The molecule has 0 unspecified atom stereocenters. The first-order chi connectivity index (χ1) is 28.7. The van der Waals surface area contributed by atoms with Crippen molar-refractivity contribution in [3.63, 3.8) is 0 Å². The van der Waals surface area contributed by atoms with E-state index in [4.69, 9.17) is 14.4 Å². The number of aromatic nitrogens is 2. The van der Waals surface area contributed by atoms with Crippen molar-refractivity contribution in [2.24, 2.45) is 0 Å². The van der Waals surface area contributed by atoms with Gasteiger partial charge in [-0.3, -0.25) is 0 Å². The van der Waals surface area contributed by atoms with Gasteiger partial charge in [0.15, 0.2) is 5.82 Å². The second kappa shape index (κ2) is 14.0. The minimum absolute atomic E-state index is 0.644. The Labute approximate surface area is 335 Å². The molecule has 0 spiro atoms. The lowest BCUT2D eigenvalue weighted by Crippen LogP contribution is -2.10. The van der Waals surface area contributed by atoms with Gasteiger partial charge in [-0.15, -0.1) is 0 Å². The lowest BCUT2D eigenvalue weighted by molar-refractivity contribution is 0.669. The maximum Gasteiger partial charge on any atom is 0.161 e. The molecule has 2 heterocycles. The molecule has 11 aromatic rings. The molecule has 0 aliphatic carbocycles. The van der Waals surface area contributed by atoms with Gasteiger partial charge in [0.05, 0.1) is 17.1 Å². The van der Waals surface area contributed by atoms with E-state index in [1.54, 1.807) is 0 Å². The maximum absolute atomic E-state index is 6.77. The second-order valence-electron chi connectivity index (χ2n) is 14.6. The lowest BCUT2D eigenvalue weighted by atomic mass is 9.96. The third-order valence-corrected chi connectivity index (χ3v) is 11.0. The maximum atomic E-state index is 6.77. The Hall–Kier alpha value is -7.82. The van der Waals surface area contributed by atoms with Crippen molar-refractivity contribution >= 4 is 60.5 Å². The molecular formula is C54H35N3O. The number of rotatable bonds is 7. The van der Waals surface area contributed by atoms with E-state index in [-0.39, 0.29) is 0 Å². The van der Waals surface area contributed by atoms with Crippen LogP contribution in [0.4, 0.5) is 17.1 Å². The first kappa shape index (κ1) is 33.5. The number of benzene rings is 9. The first-order valence-corrected chi connectivity index (χ1v) is 19.6. The second-order valence-corrected chi connectivity index (χ2v) is 14.6. The molecule has 272 valence electrons. The van der Waals surface area contributed by atoms with Crippen LogP contribution in [0.5, 0.6) is 0 Å². The molecule has 0 radical (unpaired) electrons. The summed E-state index contributed by atoms with van der Waals surface area (Å²) in [6.45, 7) is 0. The Bertz CT molecular complexity index is 3200. The van der Waals surface area contributed by atoms with Crippen molar-refractivity contribution in [3.8, 4) is 45.0 Å². The van der Waals surface area contributed by atoms with E-state index < -0.39 is 0 Å². The van der Waals surface area contributed by atoms with Gasteiger partial charge in [0.25, 0.3) is 0 Å². The van der Waals surface area contributed by atoms with Crippen molar-refractivity contribution in [1.82, 2.24) is 9.97 Å². The van der Waals surface area contributed by atoms with Crippen LogP contribution in [0.15, 0.2) is 217 Å². The van der Waals surface area contributed by atoms with Crippen LogP contribution in [0.2, 0.25) is 0 Å². The van der Waals surface area contributed by atoms with Gasteiger partial charge in [-0.05, 0) is 87.9 Å². The highest BCUT2D eigenvalue weighted by Crippen LogP contribution is 2.43. The lowest BCUT2D eigenvalue weighted by Gasteiger charge is -2.27. The van der Waals surface area contributed by atoms with Gasteiger partial charge >= 0.3 is 0 Å². The molecule has 11 rings (SSSR count). The average Bonchev–Trinajstić information content (AvgIpc) is 3.66. The van der Waals surface area contributed by atoms with Crippen LogP contribution in [-0.2, 0) is 0 Å². The molecule has 2 aromatic heterocycles. The fourth-order valence-electron chi connectivity index (χ4n) is 8.23. The molecular weight excluding hydrogens is 707 g/mol. The summed E-state index contributed by atoms with van der Waals surface area (Å²) in [5.74, 6) is 0.644. The fraction of sp³-hybridized carbons (Fsp3) is 0. The molecule has 0 aliphatic heterocycles. The fourth-order valence-corrected chi connectivity index (χ4v) is 8.23. The number of furan rings is 1. The van der Waals surface area contributed by atoms with Crippen LogP contribution in [0, 0.1) is 0 Å². The molecule has 0 N–H and O–H groups in total. The smallest absolute Gasteiger partial charge is 0.161 e. The van der Waals surface area contributed by atoms with E-state index in [1.165, 1.54) is 10.8 Å². The molecule has 4 heteroatoms. The van der Waals surface area contributed by atoms with Crippen molar-refractivity contribution in [2.75, 3.05) is 4.90 Å². The molecule has 0 atom stereocenters. The van der Waals surface area contributed by atoms with Crippen molar-refractivity contribution in [3.05, 3.63) is 212 Å². The van der Waals surface area contributed by atoms with Gasteiger partial charge in [-0.1, -0.05) is 152 Å². The number of fused-ring (bicyclic) bond motifs is 5. The van der Waals surface area contributed by atoms with Crippen LogP contribution < -0.4 is 4.90 Å². The van der Waals surface area contributed by atoms with Crippen LogP contribution in [0.25, 0.3) is 88.5 Å². The number of nitrogens with zero attached hydrogens (tertiary/aromatic N) is 3. The van der Waals surface area contributed by atoms with E-state index in [2.05, 4.69) is 205 Å². The molecule has 0 amide bonds. The molecule has 0 fully saturated rings. The third-order valence-electron chi connectivity index (χ3n) is 11.0. The van der Waals surface area contributed by atoms with Crippen molar-refractivity contribution < 1.29 is 4.42 Å². The molecule has 0 bridgehead atoms. The summed E-state index contributed by atoms with van der Waals surface area (Å²) < 4.78 is 6.77. The summed E-state index contributed by atoms with van der Waals surface area (Å²) >= 11 is 0. The van der Waals surface area contributed by atoms with E-state index in [9.17, 15) is 0 Å². The Morgan fingerprint density at radius 1 is 0.362 bits per heavy atom. The van der Waals surface area contributed by atoms with Gasteiger partial charge in [-0.2, -0.15) is 0 Å². The minimum atomic E-state index is 0.644. The number of hydrogen-bond donors (Lipinski definition) is 0. The van der Waals surface area contributed by atoms with Gasteiger partial charge < -0.3 is 9.32 Å². The summed E-state index contributed by atoms with van der Waals surface area (Å²) in [6, 6.07) is 74.4. The monoisotopic (exact) mass is 741 g/mol. The Kier molecular flexibility index (Phi) is 8.11. The van der Waals surface area contributed by atoms with Crippen molar-refractivity contribution in [2.45, 2.75) is 0 Å². The van der Waals surface area contributed by atoms with Crippen LogP contribution in [0.3, 0.4) is 0 Å². The highest BCUT2D eigenvalue weighted by Gasteiger charge is 2.21. The molecule has 4 nitrogen and oxygen atoms in total. The Balaban J connectivity index is 1.12. The van der Waals surface area contributed by atoms with E-state index in [0.717, 1.165) is 89.0 Å². The summed E-state index contributed by atoms with van der Waals surface area (Å²) in [5, 5.41) is 6.71. The highest BCUT2D eigenvalue weighted by atomic mass is 16.3. The van der Waals surface area contributed by atoms with Crippen LogP contribution in [0.1, 0.15) is 0 Å². The van der Waals surface area contributed by atoms with Crippen molar-refractivity contribution in [1.29, 1.82) is 0 Å². The summed E-state index contributed by atoms with van der Waals surface area (Å²) in [5.41, 5.74) is 11.7. The number of anilines is 3. The molecule has 0 aliphatic rings. The van der Waals surface area contributed by atoms with E-state index in [1.807, 2.05) is 12.1 Å². The summed E-state index contributed by atoms with van der Waals surface area (Å²) in [7, 11) is 0. The van der Waals surface area contributed by atoms with Gasteiger partial charge in [0.2, 0.25) is 0 Å². The number of hydrogen-bond acceptors (Lipinski definition) is 4. The highest BCUT2D eigenvalue weighted by molar-refractivity contribution is 6.16. The molecule has 9 aromatic carbocycles. The molecule has 0 saturated carbocycles. The summed E-state index contributed by atoms with van der Waals surface area (Å²) in [6.07, 6.45) is 0. The molecule has 58 heavy (non-hydrogen) atoms. The van der Waals surface area contributed by atoms with Gasteiger partial charge in [-0.25, -0.2) is 9.97 Å². The Morgan fingerprint density at radius 2 is 0.931 bits per heavy atom. The predicted octanol–water partition coefficient (Wildman–Crippen LogP) is 14.8. The van der Waals surface area contributed by atoms with Crippen LogP contribution >= 0.6 is 0 Å². The summed E-state index contributed by atoms with van der Waals surface area (Å²) in [4.78, 5) is 12.9. The first-order valence-electron chi connectivity index (χ1n) is 19.6. The minimum Gasteiger partial charge on any atom is -0.456 e. The zero-order chi connectivity index (χ0) is 38.4. The quantitative estimate of drug-likeness (QED) is 0.163.